The summed E-state index contributed by atoms with van der Waals surface area (Å²) in [6, 6.07) is 10.9. The zero-order valence-corrected chi connectivity index (χ0v) is 17.1. The molecule has 6 heteroatoms. The standard InChI is InChI=1S/C23H24N2O4/c1-14-11-18(15(2)25(14)20-7-8-20)12-19(13-24)23(27)29-16(3)22(26)17-5-9-21(28-4)10-6-17/h5-6,9-12,16,20H,7-8H2,1-4H3/b19-12+/t16-/m0/s1. The van der Waals surface area contributed by atoms with Crippen LogP contribution in [-0.4, -0.2) is 29.5 Å². The summed E-state index contributed by atoms with van der Waals surface area (Å²) in [5, 5.41) is 9.45. The number of ketones is 1. The van der Waals surface area contributed by atoms with E-state index < -0.39 is 12.1 Å². The maximum absolute atomic E-state index is 12.5. The number of carbonyl (C=O) groups excluding carboxylic acids is 2. The zero-order chi connectivity index (χ0) is 21.1. The second kappa shape index (κ2) is 8.36. The zero-order valence-electron chi connectivity index (χ0n) is 17.1. The molecule has 1 atom stereocenters. The van der Waals surface area contributed by atoms with Crippen LogP contribution in [0, 0.1) is 25.2 Å². The number of nitriles is 1. The van der Waals surface area contributed by atoms with Crippen molar-refractivity contribution in [3.8, 4) is 11.8 Å². The van der Waals surface area contributed by atoms with Gasteiger partial charge in [-0.2, -0.15) is 5.26 Å². The smallest absolute Gasteiger partial charge is 0.349 e. The average Bonchev–Trinajstić information content (AvgIpc) is 3.50. The van der Waals surface area contributed by atoms with Gasteiger partial charge in [0.05, 0.1) is 7.11 Å². The Kier molecular flexibility index (Phi) is 5.88. The van der Waals surface area contributed by atoms with Crippen LogP contribution in [0.5, 0.6) is 5.75 Å². The van der Waals surface area contributed by atoms with Crippen LogP contribution in [0.25, 0.3) is 6.08 Å². The molecule has 0 radical (unpaired) electrons. The number of rotatable bonds is 7. The van der Waals surface area contributed by atoms with Gasteiger partial charge in [0, 0.05) is 23.0 Å². The third-order valence-electron chi connectivity index (χ3n) is 5.10. The molecule has 2 aromatic rings. The molecule has 1 saturated carbocycles. The molecule has 0 spiro atoms. The van der Waals surface area contributed by atoms with E-state index >= 15 is 0 Å². The number of hydrogen-bond acceptors (Lipinski definition) is 5. The van der Waals surface area contributed by atoms with Crippen molar-refractivity contribution in [2.75, 3.05) is 7.11 Å². The number of ether oxygens (including phenoxy) is 2. The number of benzene rings is 1. The van der Waals surface area contributed by atoms with Gasteiger partial charge >= 0.3 is 5.97 Å². The van der Waals surface area contributed by atoms with Gasteiger partial charge in [-0.15, -0.1) is 0 Å². The highest BCUT2D eigenvalue weighted by Crippen LogP contribution is 2.38. The molecule has 1 fully saturated rings. The number of aromatic nitrogens is 1. The third kappa shape index (κ3) is 4.40. The van der Waals surface area contributed by atoms with Crippen molar-refractivity contribution in [2.24, 2.45) is 0 Å². The summed E-state index contributed by atoms with van der Waals surface area (Å²) < 4.78 is 12.6. The topological polar surface area (TPSA) is 81.3 Å². The summed E-state index contributed by atoms with van der Waals surface area (Å²) in [6.45, 7) is 5.49. The first-order chi connectivity index (χ1) is 13.8. The second-order valence-electron chi connectivity index (χ2n) is 7.24. The van der Waals surface area contributed by atoms with Gasteiger partial charge in [0.1, 0.15) is 17.4 Å². The summed E-state index contributed by atoms with van der Waals surface area (Å²) in [5.74, 6) is -0.520. The maximum atomic E-state index is 12.5. The van der Waals surface area contributed by atoms with Gasteiger partial charge in [-0.3, -0.25) is 4.79 Å². The van der Waals surface area contributed by atoms with Gasteiger partial charge in [-0.1, -0.05) is 0 Å². The molecule has 0 N–H and O–H groups in total. The Bertz CT molecular complexity index is 1000. The van der Waals surface area contributed by atoms with E-state index in [-0.39, 0.29) is 11.4 Å². The lowest BCUT2D eigenvalue weighted by Crippen LogP contribution is -2.25. The number of carbonyl (C=O) groups is 2. The largest absolute Gasteiger partial charge is 0.497 e. The van der Waals surface area contributed by atoms with Crippen LogP contribution in [0.1, 0.15) is 53.1 Å². The highest BCUT2D eigenvalue weighted by Gasteiger charge is 2.27. The number of nitrogens with zero attached hydrogens (tertiary/aromatic N) is 2. The fourth-order valence-electron chi connectivity index (χ4n) is 3.40. The highest BCUT2D eigenvalue weighted by atomic mass is 16.5. The molecule has 0 aliphatic heterocycles. The molecule has 3 rings (SSSR count). The molecule has 1 heterocycles. The van der Waals surface area contributed by atoms with Crippen LogP contribution in [0.15, 0.2) is 35.9 Å². The Morgan fingerprint density at radius 1 is 1.24 bits per heavy atom. The van der Waals surface area contributed by atoms with Crippen molar-refractivity contribution in [3.05, 3.63) is 58.4 Å². The fraction of sp³-hybridized carbons (Fsp3) is 0.348. The quantitative estimate of drug-likeness (QED) is 0.306. The average molecular weight is 392 g/mol. The molecule has 1 aromatic carbocycles. The van der Waals surface area contributed by atoms with Crippen molar-refractivity contribution in [2.45, 2.75) is 45.8 Å². The van der Waals surface area contributed by atoms with Crippen molar-refractivity contribution >= 4 is 17.8 Å². The number of Topliss-reactive ketones (excluding diaryl/α,β-unsaturated/α-hetero) is 1. The molecule has 150 valence electrons. The Morgan fingerprint density at radius 3 is 2.45 bits per heavy atom. The summed E-state index contributed by atoms with van der Waals surface area (Å²) >= 11 is 0. The lowest BCUT2D eigenvalue weighted by Gasteiger charge is -2.12. The molecule has 1 aliphatic rings. The minimum atomic E-state index is -1.01. The van der Waals surface area contributed by atoms with Crippen molar-refractivity contribution < 1.29 is 19.1 Å². The van der Waals surface area contributed by atoms with Gasteiger partial charge in [-0.25, -0.2) is 4.79 Å². The summed E-state index contributed by atoms with van der Waals surface area (Å²) in [5.41, 5.74) is 3.21. The van der Waals surface area contributed by atoms with Crippen LogP contribution in [-0.2, 0) is 9.53 Å². The van der Waals surface area contributed by atoms with E-state index in [0.29, 0.717) is 17.4 Å². The van der Waals surface area contributed by atoms with Crippen LogP contribution in [0.2, 0.25) is 0 Å². The summed E-state index contributed by atoms with van der Waals surface area (Å²) in [4.78, 5) is 25.0. The SMILES string of the molecule is COc1ccc(C(=O)[C@H](C)OC(=O)/C(C#N)=C/c2cc(C)n(C3CC3)c2C)cc1. The molecule has 1 aromatic heterocycles. The number of methoxy groups -OCH3 is 1. The Morgan fingerprint density at radius 2 is 1.90 bits per heavy atom. The lowest BCUT2D eigenvalue weighted by molar-refractivity contribution is -0.141. The second-order valence-corrected chi connectivity index (χ2v) is 7.24. The normalized spacial score (nSPS) is 14.8. The predicted octanol–water partition coefficient (Wildman–Crippen LogP) is 4.17. The van der Waals surface area contributed by atoms with Crippen LogP contribution in [0.3, 0.4) is 0 Å². The van der Waals surface area contributed by atoms with E-state index in [9.17, 15) is 14.9 Å². The predicted molar refractivity (Wildman–Crippen MR) is 109 cm³/mol. The molecule has 0 bridgehead atoms. The van der Waals surface area contributed by atoms with Gasteiger partial charge in [0.15, 0.2) is 6.10 Å². The first kappa shape index (κ1) is 20.4. The third-order valence-corrected chi connectivity index (χ3v) is 5.10. The van der Waals surface area contributed by atoms with E-state index in [1.807, 2.05) is 26.0 Å². The summed E-state index contributed by atoms with van der Waals surface area (Å²) in [7, 11) is 1.54. The minimum absolute atomic E-state index is 0.129. The Hall–Kier alpha value is -3.33. The van der Waals surface area contributed by atoms with Gasteiger partial charge in [0.2, 0.25) is 5.78 Å². The molecule has 29 heavy (non-hydrogen) atoms. The van der Waals surface area contributed by atoms with Crippen LogP contribution < -0.4 is 4.74 Å². The Balaban J connectivity index is 1.74. The number of esters is 1. The van der Waals surface area contributed by atoms with E-state index in [0.717, 1.165) is 29.8 Å². The first-order valence-corrected chi connectivity index (χ1v) is 9.55. The van der Waals surface area contributed by atoms with Crippen LogP contribution in [0.4, 0.5) is 0 Å². The van der Waals surface area contributed by atoms with E-state index in [2.05, 4.69) is 4.57 Å². The molecule has 0 unspecified atom stereocenters. The molecular weight excluding hydrogens is 368 g/mol. The number of hydrogen-bond donors (Lipinski definition) is 0. The monoisotopic (exact) mass is 392 g/mol. The molecule has 0 saturated heterocycles. The molecule has 6 nitrogen and oxygen atoms in total. The summed E-state index contributed by atoms with van der Waals surface area (Å²) in [6.07, 6.45) is 2.83. The van der Waals surface area contributed by atoms with Gasteiger partial charge < -0.3 is 14.0 Å². The maximum Gasteiger partial charge on any atom is 0.349 e. The van der Waals surface area contributed by atoms with Gasteiger partial charge in [0.25, 0.3) is 0 Å². The number of aryl methyl sites for hydroxylation is 1. The fourth-order valence-corrected chi connectivity index (χ4v) is 3.40. The van der Waals surface area contributed by atoms with Crippen molar-refractivity contribution in [1.82, 2.24) is 4.57 Å². The Labute approximate surface area is 170 Å². The van der Waals surface area contributed by atoms with Crippen LogP contribution >= 0.6 is 0 Å². The van der Waals surface area contributed by atoms with Crippen molar-refractivity contribution in [3.63, 3.8) is 0 Å². The van der Waals surface area contributed by atoms with E-state index in [4.69, 9.17) is 9.47 Å². The van der Waals surface area contributed by atoms with Crippen molar-refractivity contribution in [1.29, 1.82) is 5.26 Å². The highest BCUT2D eigenvalue weighted by molar-refractivity contribution is 6.03. The minimum Gasteiger partial charge on any atom is -0.497 e. The van der Waals surface area contributed by atoms with Gasteiger partial charge in [-0.05, 0) is 75.6 Å². The van der Waals surface area contributed by atoms with E-state index in [1.165, 1.54) is 13.0 Å². The first-order valence-electron chi connectivity index (χ1n) is 9.55. The molecule has 1 aliphatic carbocycles. The molecule has 0 amide bonds. The lowest BCUT2D eigenvalue weighted by atomic mass is 10.1. The van der Waals surface area contributed by atoms with E-state index in [1.54, 1.807) is 31.4 Å². The molecular formula is C23H24N2O4.